The van der Waals surface area contributed by atoms with Gasteiger partial charge in [-0.1, -0.05) is 0 Å². The molecule has 0 aliphatic heterocycles. The molecule has 0 fully saturated rings. The molecule has 0 saturated heterocycles. The van der Waals surface area contributed by atoms with Crippen molar-refractivity contribution in [3.8, 4) is 5.75 Å². The van der Waals surface area contributed by atoms with E-state index in [9.17, 15) is 14.9 Å². The minimum absolute atomic E-state index is 0.132. The maximum absolute atomic E-state index is 11.9. The van der Waals surface area contributed by atoms with E-state index in [1.54, 1.807) is 13.8 Å². The van der Waals surface area contributed by atoms with Gasteiger partial charge in [0.2, 0.25) is 0 Å². The van der Waals surface area contributed by atoms with Gasteiger partial charge in [-0.25, -0.2) is 0 Å². The second-order valence-corrected chi connectivity index (χ2v) is 4.81. The smallest absolute Gasteiger partial charge is 0.273 e. The lowest BCUT2D eigenvalue weighted by Gasteiger charge is -2.19. The molecule has 0 heterocycles. The van der Waals surface area contributed by atoms with Gasteiger partial charge in [-0.05, 0) is 19.9 Å². The Kier molecular flexibility index (Phi) is 4.44. The number of nitro benzene ring substituents is 1. The number of hydrogen-bond donors (Lipinski definition) is 2. The first-order chi connectivity index (χ1) is 8.74. The number of benzene rings is 1. The fourth-order valence-corrected chi connectivity index (χ4v) is 1.38. The Morgan fingerprint density at radius 3 is 2.63 bits per heavy atom. The summed E-state index contributed by atoms with van der Waals surface area (Å²) >= 11 is 0. The second-order valence-electron chi connectivity index (χ2n) is 4.81. The van der Waals surface area contributed by atoms with Gasteiger partial charge in [0.15, 0.2) is 0 Å². The van der Waals surface area contributed by atoms with E-state index in [0.29, 0.717) is 0 Å². The molecule has 0 radical (unpaired) electrons. The van der Waals surface area contributed by atoms with Crippen LogP contribution in [0.4, 0.5) is 5.69 Å². The summed E-state index contributed by atoms with van der Waals surface area (Å²) in [4.78, 5) is 22.0. The zero-order valence-electron chi connectivity index (χ0n) is 11.1. The molecule has 0 atom stereocenters. The Morgan fingerprint density at radius 1 is 1.53 bits per heavy atom. The van der Waals surface area contributed by atoms with Gasteiger partial charge < -0.3 is 15.8 Å². The predicted octanol–water partition coefficient (Wildman–Crippen LogP) is 1.07. The highest BCUT2D eigenvalue weighted by atomic mass is 16.6. The zero-order valence-corrected chi connectivity index (χ0v) is 11.1. The van der Waals surface area contributed by atoms with E-state index < -0.39 is 10.5 Å². The van der Waals surface area contributed by atoms with Gasteiger partial charge in [-0.3, -0.25) is 14.9 Å². The van der Waals surface area contributed by atoms with E-state index in [1.165, 1.54) is 25.3 Å². The van der Waals surface area contributed by atoms with Crippen LogP contribution in [-0.4, -0.2) is 30.0 Å². The van der Waals surface area contributed by atoms with Gasteiger partial charge in [0.25, 0.3) is 11.6 Å². The lowest BCUT2D eigenvalue weighted by atomic mass is 10.1. The summed E-state index contributed by atoms with van der Waals surface area (Å²) in [6.07, 6.45) is 0. The third-order valence-electron chi connectivity index (χ3n) is 2.35. The summed E-state index contributed by atoms with van der Waals surface area (Å²) in [5.74, 6) is -0.230. The average molecular weight is 267 g/mol. The molecule has 3 N–H and O–H groups in total. The molecule has 0 bridgehead atoms. The van der Waals surface area contributed by atoms with Crippen molar-refractivity contribution in [2.45, 2.75) is 19.4 Å². The molecule has 0 unspecified atom stereocenters. The van der Waals surface area contributed by atoms with Crippen molar-refractivity contribution in [1.29, 1.82) is 0 Å². The molecule has 0 aliphatic rings. The lowest BCUT2D eigenvalue weighted by Crippen LogP contribution is -2.45. The number of nitrogens with zero attached hydrogens (tertiary/aromatic N) is 1. The molecule has 0 spiro atoms. The Hall–Kier alpha value is -2.15. The minimum atomic E-state index is -0.548. The maximum Gasteiger partial charge on any atom is 0.273 e. The van der Waals surface area contributed by atoms with Gasteiger partial charge in [-0.15, -0.1) is 0 Å². The molecular weight excluding hydrogens is 250 g/mol. The number of methoxy groups -OCH3 is 1. The largest absolute Gasteiger partial charge is 0.496 e. The van der Waals surface area contributed by atoms with Crippen LogP contribution >= 0.6 is 0 Å². The number of rotatable bonds is 5. The minimum Gasteiger partial charge on any atom is -0.496 e. The van der Waals surface area contributed by atoms with Crippen LogP contribution in [0.3, 0.4) is 0 Å². The molecule has 0 aliphatic carbocycles. The van der Waals surface area contributed by atoms with Crippen LogP contribution in [0.15, 0.2) is 18.2 Å². The van der Waals surface area contributed by atoms with Crippen molar-refractivity contribution in [3.05, 3.63) is 33.9 Å². The highest BCUT2D eigenvalue weighted by Crippen LogP contribution is 2.24. The Bertz CT molecular complexity index is 494. The molecule has 0 saturated carbocycles. The van der Waals surface area contributed by atoms with Crippen LogP contribution in [0.25, 0.3) is 0 Å². The monoisotopic (exact) mass is 267 g/mol. The number of non-ortho nitro benzene ring substituents is 1. The molecule has 1 amide bonds. The first kappa shape index (κ1) is 14.9. The number of carbonyl (C=O) groups is 1. The Morgan fingerprint density at radius 2 is 2.16 bits per heavy atom. The second kappa shape index (κ2) is 5.66. The maximum atomic E-state index is 11.9. The van der Waals surface area contributed by atoms with Crippen LogP contribution in [0.5, 0.6) is 5.75 Å². The van der Waals surface area contributed by atoms with Gasteiger partial charge in [0, 0.05) is 18.2 Å². The third-order valence-corrected chi connectivity index (χ3v) is 2.35. The zero-order chi connectivity index (χ0) is 14.6. The molecule has 7 heteroatoms. The fraction of sp³-hybridized carbons (Fsp3) is 0.417. The SMILES string of the molecule is COc1cc([N+](=O)[O-])ccc1C(=O)NCC(C)(C)N. The summed E-state index contributed by atoms with van der Waals surface area (Å²) in [7, 11) is 1.35. The van der Waals surface area contributed by atoms with Crippen molar-refractivity contribution >= 4 is 11.6 Å². The molecule has 1 rings (SSSR count). The fourth-order valence-electron chi connectivity index (χ4n) is 1.38. The number of carbonyl (C=O) groups excluding carboxylic acids is 1. The van der Waals surface area contributed by atoms with Crippen LogP contribution in [0.2, 0.25) is 0 Å². The topological polar surface area (TPSA) is 107 Å². The van der Waals surface area contributed by atoms with Gasteiger partial charge in [-0.2, -0.15) is 0 Å². The molecule has 104 valence electrons. The van der Waals surface area contributed by atoms with E-state index in [1.807, 2.05) is 0 Å². The highest BCUT2D eigenvalue weighted by Gasteiger charge is 2.18. The molecule has 7 nitrogen and oxygen atoms in total. The predicted molar refractivity (Wildman–Crippen MR) is 70.2 cm³/mol. The third kappa shape index (κ3) is 4.22. The summed E-state index contributed by atoms with van der Waals surface area (Å²) < 4.78 is 4.99. The first-order valence-electron chi connectivity index (χ1n) is 5.64. The van der Waals surface area contributed by atoms with E-state index in [2.05, 4.69) is 5.32 Å². The van der Waals surface area contributed by atoms with Crippen molar-refractivity contribution in [2.75, 3.05) is 13.7 Å². The first-order valence-corrected chi connectivity index (χ1v) is 5.64. The van der Waals surface area contributed by atoms with Gasteiger partial charge in [0.1, 0.15) is 5.75 Å². The number of nitrogens with two attached hydrogens (primary N) is 1. The van der Waals surface area contributed by atoms with Crippen LogP contribution in [-0.2, 0) is 0 Å². The van der Waals surface area contributed by atoms with E-state index in [0.717, 1.165) is 0 Å². The quantitative estimate of drug-likeness (QED) is 0.613. The van der Waals surface area contributed by atoms with Crippen molar-refractivity contribution in [3.63, 3.8) is 0 Å². The van der Waals surface area contributed by atoms with Crippen molar-refractivity contribution in [1.82, 2.24) is 5.32 Å². The molecule has 0 aromatic heterocycles. The summed E-state index contributed by atoms with van der Waals surface area (Å²) in [5.41, 5.74) is 5.32. The number of amides is 1. The lowest BCUT2D eigenvalue weighted by molar-refractivity contribution is -0.384. The summed E-state index contributed by atoms with van der Waals surface area (Å²) in [6.45, 7) is 3.84. The van der Waals surface area contributed by atoms with E-state index in [4.69, 9.17) is 10.5 Å². The van der Waals surface area contributed by atoms with E-state index in [-0.39, 0.29) is 29.5 Å². The summed E-state index contributed by atoms with van der Waals surface area (Å²) in [5, 5.41) is 13.3. The molecular formula is C12H17N3O4. The molecule has 1 aromatic rings. The number of ether oxygens (including phenoxy) is 1. The Balaban J connectivity index is 2.94. The average Bonchev–Trinajstić information content (AvgIpc) is 2.34. The number of hydrogen-bond acceptors (Lipinski definition) is 5. The van der Waals surface area contributed by atoms with Gasteiger partial charge in [0.05, 0.1) is 23.7 Å². The number of nitrogens with one attached hydrogen (secondary N) is 1. The normalized spacial score (nSPS) is 10.9. The Labute approximate surface area is 110 Å². The van der Waals surface area contributed by atoms with Crippen LogP contribution in [0, 0.1) is 10.1 Å². The van der Waals surface area contributed by atoms with Crippen LogP contribution < -0.4 is 15.8 Å². The van der Waals surface area contributed by atoms with Crippen LogP contribution in [0.1, 0.15) is 24.2 Å². The molecule has 19 heavy (non-hydrogen) atoms. The number of nitro groups is 1. The highest BCUT2D eigenvalue weighted by molar-refractivity contribution is 5.97. The summed E-state index contributed by atoms with van der Waals surface area (Å²) in [6, 6.07) is 3.82. The standard InChI is InChI=1S/C12H17N3O4/c1-12(2,13)7-14-11(16)9-5-4-8(15(17)18)6-10(9)19-3/h4-6H,7,13H2,1-3H3,(H,14,16). The van der Waals surface area contributed by atoms with Gasteiger partial charge >= 0.3 is 0 Å². The molecule has 1 aromatic carbocycles. The van der Waals surface area contributed by atoms with Crippen molar-refractivity contribution in [2.24, 2.45) is 5.73 Å². The van der Waals surface area contributed by atoms with E-state index >= 15 is 0 Å². The van der Waals surface area contributed by atoms with Crippen molar-refractivity contribution < 1.29 is 14.5 Å².